The van der Waals surface area contributed by atoms with Gasteiger partial charge in [-0.05, 0) is 26.7 Å². The monoisotopic (exact) mass is 285 g/mol. The van der Waals surface area contributed by atoms with E-state index in [0.717, 1.165) is 39.0 Å². The van der Waals surface area contributed by atoms with Gasteiger partial charge in [0.05, 0.1) is 11.0 Å². The average Bonchev–Trinajstić information content (AvgIpc) is 2.40. The molecule has 0 atom stereocenters. The Morgan fingerprint density at radius 1 is 1.15 bits per heavy atom. The summed E-state index contributed by atoms with van der Waals surface area (Å²) in [6.45, 7) is 11.9. The van der Waals surface area contributed by atoms with Gasteiger partial charge in [0.1, 0.15) is 0 Å². The standard InChI is InChI=1S/C15H31N3O2/c1-5-15(6-2,11-16)13(19)18-9-7-17(8-10-18)12-14(3,4)20/h20H,5-12,16H2,1-4H3. The molecule has 0 aromatic heterocycles. The predicted octanol–water partition coefficient (Wildman–Crippen LogP) is 0.667. The van der Waals surface area contributed by atoms with E-state index in [2.05, 4.69) is 4.90 Å². The van der Waals surface area contributed by atoms with E-state index in [-0.39, 0.29) is 5.91 Å². The van der Waals surface area contributed by atoms with Gasteiger partial charge in [-0.3, -0.25) is 9.69 Å². The zero-order chi connectivity index (χ0) is 15.4. The van der Waals surface area contributed by atoms with Crippen LogP contribution in [0.5, 0.6) is 0 Å². The lowest BCUT2D eigenvalue weighted by molar-refractivity contribution is -0.144. The summed E-state index contributed by atoms with van der Waals surface area (Å²) in [7, 11) is 0. The number of hydrogen-bond acceptors (Lipinski definition) is 4. The molecule has 1 heterocycles. The lowest BCUT2D eigenvalue weighted by atomic mass is 9.81. The minimum absolute atomic E-state index is 0.202. The Hall–Kier alpha value is -0.650. The van der Waals surface area contributed by atoms with Crippen molar-refractivity contribution in [2.45, 2.75) is 46.1 Å². The number of β-amino-alcohol motifs (C(OH)–C–C–N with tert-alkyl or cyclic N) is 1. The summed E-state index contributed by atoms with van der Waals surface area (Å²) in [6.07, 6.45) is 1.59. The van der Waals surface area contributed by atoms with Gasteiger partial charge in [0.25, 0.3) is 0 Å². The first kappa shape index (κ1) is 17.4. The topological polar surface area (TPSA) is 69.8 Å². The molecule has 5 heteroatoms. The Morgan fingerprint density at radius 3 is 2.00 bits per heavy atom. The molecule has 0 saturated carbocycles. The summed E-state index contributed by atoms with van der Waals surface area (Å²) < 4.78 is 0. The van der Waals surface area contributed by atoms with Gasteiger partial charge in [0.2, 0.25) is 5.91 Å². The average molecular weight is 285 g/mol. The number of carbonyl (C=O) groups excluding carboxylic acids is 1. The normalized spacial score (nSPS) is 18.4. The molecular formula is C15H31N3O2. The third-order valence-electron chi connectivity index (χ3n) is 4.47. The SMILES string of the molecule is CCC(CC)(CN)C(=O)N1CCN(CC(C)(C)O)CC1. The maximum Gasteiger partial charge on any atom is 0.230 e. The summed E-state index contributed by atoms with van der Waals surface area (Å²) in [5.74, 6) is 0.202. The molecule has 1 aliphatic rings. The second-order valence-corrected chi connectivity index (χ2v) is 6.57. The van der Waals surface area contributed by atoms with Crippen LogP contribution in [0.2, 0.25) is 0 Å². The van der Waals surface area contributed by atoms with E-state index in [4.69, 9.17) is 5.73 Å². The second kappa shape index (κ2) is 6.87. The number of carbonyl (C=O) groups is 1. The van der Waals surface area contributed by atoms with Crippen molar-refractivity contribution < 1.29 is 9.90 Å². The van der Waals surface area contributed by atoms with Gasteiger partial charge in [-0.25, -0.2) is 0 Å². The number of aliphatic hydroxyl groups is 1. The predicted molar refractivity (Wildman–Crippen MR) is 81.4 cm³/mol. The molecule has 0 aromatic carbocycles. The van der Waals surface area contributed by atoms with Crippen LogP contribution >= 0.6 is 0 Å². The minimum Gasteiger partial charge on any atom is -0.389 e. The van der Waals surface area contributed by atoms with Crippen molar-refractivity contribution in [1.82, 2.24) is 9.80 Å². The second-order valence-electron chi connectivity index (χ2n) is 6.57. The van der Waals surface area contributed by atoms with Crippen LogP contribution < -0.4 is 5.73 Å². The Morgan fingerprint density at radius 2 is 1.65 bits per heavy atom. The number of nitrogens with zero attached hydrogens (tertiary/aromatic N) is 2. The molecule has 3 N–H and O–H groups in total. The first-order valence-corrected chi connectivity index (χ1v) is 7.72. The highest BCUT2D eigenvalue weighted by atomic mass is 16.3. The van der Waals surface area contributed by atoms with Crippen LogP contribution in [-0.2, 0) is 4.79 Å². The van der Waals surface area contributed by atoms with Gasteiger partial charge in [-0.1, -0.05) is 13.8 Å². The Bertz CT molecular complexity index is 305. The van der Waals surface area contributed by atoms with Crippen LogP contribution in [0.1, 0.15) is 40.5 Å². The lowest BCUT2D eigenvalue weighted by Gasteiger charge is -2.41. The molecule has 1 saturated heterocycles. The number of nitrogens with two attached hydrogens (primary N) is 1. The molecule has 5 nitrogen and oxygen atoms in total. The first-order valence-electron chi connectivity index (χ1n) is 7.72. The van der Waals surface area contributed by atoms with Crippen LogP contribution in [0.3, 0.4) is 0 Å². The molecule has 118 valence electrons. The third kappa shape index (κ3) is 4.17. The fourth-order valence-corrected chi connectivity index (χ4v) is 2.92. The highest BCUT2D eigenvalue weighted by Crippen LogP contribution is 2.28. The molecule has 0 bridgehead atoms. The van der Waals surface area contributed by atoms with Gasteiger partial charge < -0.3 is 15.7 Å². The van der Waals surface area contributed by atoms with Crippen molar-refractivity contribution in [1.29, 1.82) is 0 Å². The maximum absolute atomic E-state index is 12.7. The van der Waals surface area contributed by atoms with Crippen molar-refractivity contribution in [3.8, 4) is 0 Å². The van der Waals surface area contributed by atoms with Gasteiger partial charge in [-0.2, -0.15) is 0 Å². The van der Waals surface area contributed by atoms with Crippen molar-refractivity contribution in [2.75, 3.05) is 39.3 Å². The Kier molecular flexibility index (Phi) is 5.98. The van der Waals surface area contributed by atoms with E-state index < -0.39 is 11.0 Å². The molecule has 1 fully saturated rings. The summed E-state index contributed by atoms with van der Waals surface area (Å²) in [4.78, 5) is 16.8. The minimum atomic E-state index is -0.681. The maximum atomic E-state index is 12.7. The molecule has 0 spiro atoms. The van der Waals surface area contributed by atoms with E-state index in [1.807, 2.05) is 32.6 Å². The van der Waals surface area contributed by atoms with E-state index in [0.29, 0.717) is 13.1 Å². The van der Waals surface area contributed by atoms with E-state index in [1.54, 1.807) is 0 Å². The lowest BCUT2D eigenvalue weighted by Crippen LogP contribution is -2.56. The number of hydrogen-bond donors (Lipinski definition) is 2. The fourth-order valence-electron chi connectivity index (χ4n) is 2.92. The highest BCUT2D eigenvalue weighted by molar-refractivity contribution is 5.83. The van der Waals surface area contributed by atoms with Crippen molar-refractivity contribution in [3.05, 3.63) is 0 Å². The van der Waals surface area contributed by atoms with Crippen LogP contribution in [-0.4, -0.2) is 65.7 Å². The summed E-state index contributed by atoms with van der Waals surface area (Å²) in [5.41, 5.74) is 4.78. The van der Waals surface area contributed by atoms with Gasteiger partial charge in [0, 0.05) is 39.3 Å². The third-order valence-corrected chi connectivity index (χ3v) is 4.47. The molecule has 0 aromatic rings. The van der Waals surface area contributed by atoms with Crippen molar-refractivity contribution in [2.24, 2.45) is 11.1 Å². The molecule has 1 rings (SSSR count). The number of piperazine rings is 1. The fraction of sp³-hybridized carbons (Fsp3) is 0.933. The summed E-state index contributed by atoms with van der Waals surface area (Å²) in [5, 5.41) is 9.85. The van der Waals surface area contributed by atoms with E-state index in [1.165, 1.54) is 0 Å². The smallest absolute Gasteiger partial charge is 0.230 e. The van der Waals surface area contributed by atoms with Crippen LogP contribution in [0.4, 0.5) is 0 Å². The van der Waals surface area contributed by atoms with Gasteiger partial charge in [-0.15, -0.1) is 0 Å². The highest BCUT2D eigenvalue weighted by Gasteiger charge is 2.38. The largest absolute Gasteiger partial charge is 0.389 e. The molecule has 0 radical (unpaired) electrons. The summed E-state index contributed by atoms with van der Waals surface area (Å²) >= 11 is 0. The van der Waals surface area contributed by atoms with Gasteiger partial charge >= 0.3 is 0 Å². The number of amides is 1. The Balaban J connectivity index is 2.59. The van der Waals surface area contributed by atoms with Gasteiger partial charge in [0.15, 0.2) is 0 Å². The Labute approximate surface area is 123 Å². The molecule has 1 aliphatic heterocycles. The molecule has 20 heavy (non-hydrogen) atoms. The van der Waals surface area contributed by atoms with E-state index in [9.17, 15) is 9.90 Å². The van der Waals surface area contributed by atoms with Crippen molar-refractivity contribution >= 4 is 5.91 Å². The zero-order valence-corrected chi connectivity index (χ0v) is 13.5. The molecule has 1 amide bonds. The van der Waals surface area contributed by atoms with Crippen LogP contribution in [0.25, 0.3) is 0 Å². The summed E-state index contributed by atoms with van der Waals surface area (Å²) in [6, 6.07) is 0. The number of rotatable bonds is 6. The van der Waals surface area contributed by atoms with E-state index >= 15 is 0 Å². The van der Waals surface area contributed by atoms with Crippen LogP contribution in [0, 0.1) is 5.41 Å². The zero-order valence-electron chi connectivity index (χ0n) is 13.5. The first-order chi connectivity index (χ1) is 9.28. The van der Waals surface area contributed by atoms with Crippen LogP contribution in [0.15, 0.2) is 0 Å². The molecule has 0 aliphatic carbocycles. The quantitative estimate of drug-likeness (QED) is 0.752. The van der Waals surface area contributed by atoms with Crippen molar-refractivity contribution in [3.63, 3.8) is 0 Å². The molecule has 0 unspecified atom stereocenters. The molecular weight excluding hydrogens is 254 g/mol.